The molecule has 0 spiro atoms. The highest BCUT2D eigenvalue weighted by Gasteiger charge is 2.37. The van der Waals surface area contributed by atoms with Crippen molar-refractivity contribution in [3.05, 3.63) is 42.0 Å². The summed E-state index contributed by atoms with van der Waals surface area (Å²) in [5.74, 6) is -3.97. The molecule has 190 valence electrons. The Morgan fingerprint density at radius 1 is 0.765 bits per heavy atom. The van der Waals surface area contributed by atoms with E-state index in [9.17, 15) is 14.4 Å². The molecular weight excluding hydrogens is 430 g/mol. The van der Waals surface area contributed by atoms with E-state index in [0.29, 0.717) is 0 Å². The van der Waals surface area contributed by atoms with E-state index in [0.717, 1.165) is 31.5 Å². The lowest BCUT2D eigenvalue weighted by molar-refractivity contribution is -0.158. The van der Waals surface area contributed by atoms with Crippen LogP contribution in [0.4, 0.5) is 5.69 Å². The number of esters is 2. The van der Waals surface area contributed by atoms with E-state index in [1.807, 2.05) is 0 Å². The maximum absolute atomic E-state index is 12.7. The Morgan fingerprint density at radius 2 is 1.29 bits per heavy atom. The molecule has 0 saturated carbocycles. The minimum absolute atomic E-state index is 0.0825. The molecular formula is C28H43NO5. The normalized spacial score (nSPS) is 11.1. The van der Waals surface area contributed by atoms with E-state index >= 15 is 0 Å². The number of hydrogen-bond donors (Lipinski definition) is 1. The Kier molecular flexibility index (Phi) is 16.2. The molecule has 0 radical (unpaired) electrons. The Bertz CT molecular complexity index is 724. The molecule has 6 heteroatoms. The number of anilines is 1. The molecule has 1 rings (SSSR count). The van der Waals surface area contributed by atoms with Crippen LogP contribution in [-0.4, -0.2) is 37.5 Å². The van der Waals surface area contributed by atoms with Gasteiger partial charge in [0.05, 0.1) is 13.2 Å². The summed E-state index contributed by atoms with van der Waals surface area (Å²) in [7, 11) is 0. The van der Waals surface area contributed by atoms with Gasteiger partial charge in [0.15, 0.2) is 5.78 Å². The van der Waals surface area contributed by atoms with Crippen molar-refractivity contribution in [2.75, 3.05) is 25.1 Å². The number of unbranched alkanes of at least 4 members (excludes halogenated alkanes) is 8. The molecule has 0 aliphatic rings. The molecule has 0 aliphatic carbocycles. The zero-order valence-electron chi connectivity index (χ0n) is 21.3. The number of hydrogen-bond acceptors (Lipinski definition) is 6. The lowest BCUT2D eigenvalue weighted by atomic mass is 9.97. The first-order valence-electron chi connectivity index (χ1n) is 12.9. The first kappa shape index (κ1) is 29.4. The molecule has 0 bridgehead atoms. The van der Waals surface area contributed by atoms with Crippen LogP contribution in [0, 0.1) is 5.92 Å². The minimum Gasteiger partial charge on any atom is -0.465 e. The van der Waals surface area contributed by atoms with Crippen molar-refractivity contribution in [3.63, 3.8) is 0 Å². The SMILES string of the molecule is CCCCCCCCCC=CCCCNc1ccc(C(=O)C(C(=O)OCC)C(=O)OCC)cc1. The van der Waals surface area contributed by atoms with Gasteiger partial charge in [-0.3, -0.25) is 14.4 Å². The van der Waals surface area contributed by atoms with Crippen molar-refractivity contribution >= 4 is 23.4 Å². The summed E-state index contributed by atoms with van der Waals surface area (Å²) in [5.41, 5.74) is 1.15. The number of Topliss-reactive ketones (excluding diaryl/α,β-unsaturated/α-hetero) is 1. The Morgan fingerprint density at radius 3 is 1.85 bits per heavy atom. The standard InChI is InChI=1S/C28H43NO5/c1-4-7-8-9-10-11-12-13-14-15-16-17-22-29-24-20-18-23(19-21-24)26(30)25(27(31)33-5-2)28(32)34-6-3/h14-15,18-21,25,29H,4-13,16-17,22H2,1-3H3. The number of nitrogens with one attached hydrogen (secondary N) is 1. The number of carbonyl (C=O) groups excluding carboxylic acids is 3. The summed E-state index contributed by atoms with van der Waals surface area (Å²) >= 11 is 0. The molecule has 1 aromatic carbocycles. The highest BCUT2D eigenvalue weighted by atomic mass is 16.6. The monoisotopic (exact) mass is 473 g/mol. The maximum Gasteiger partial charge on any atom is 0.328 e. The molecule has 1 N–H and O–H groups in total. The quantitative estimate of drug-likeness (QED) is 0.0812. The highest BCUT2D eigenvalue weighted by molar-refractivity contribution is 6.20. The molecule has 0 fully saturated rings. The third-order valence-corrected chi connectivity index (χ3v) is 5.49. The predicted molar refractivity (Wildman–Crippen MR) is 137 cm³/mol. The van der Waals surface area contributed by atoms with Crippen LogP contribution in [0.3, 0.4) is 0 Å². The second kappa shape index (κ2) is 18.8. The highest BCUT2D eigenvalue weighted by Crippen LogP contribution is 2.17. The molecule has 0 amide bonds. The summed E-state index contributed by atoms with van der Waals surface area (Å²) in [6, 6.07) is 6.77. The molecule has 0 saturated heterocycles. The van der Waals surface area contributed by atoms with Gasteiger partial charge in [-0.15, -0.1) is 0 Å². The first-order valence-corrected chi connectivity index (χ1v) is 12.9. The van der Waals surface area contributed by atoms with Crippen molar-refractivity contribution < 1.29 is 23.9 Å². The van der Waals surface area contributed by atoms with E-state index in [1.54, 1.807) is 38.1 Å². The van der Waals surface area contributed by atoms with Gasteiger partial charge in [-0.05, 0) is 63.8 Å². The van der Waals surface area contributed by atoms with Crippen molar-refractivity contribution in [2.45, 2.75) is 85.0 Å². The molecule has 0 atom stereocenters. The van der Waals surface area contributed by atoms with Gasteiger partial charge >= 0.3 is 11.9 Å². The third-order valence-electron chi connectivity index (χ3n) is 5.49. The topological polar surface area (TPSA) is 81.7 Å². The van der Waals surface area contributed by atoms with Gasteiger partial charge in [0.1, 0.15) is 0 Å². The lowest BCUT2D eigenvalue weighted by Crippen LogP contribution is -2.35. The maximum atomic E-state index is 12.7. The molecule has 0 unspecified atom stereocenters. The van der Waals surface area contributed by atoms with Gasteiger partial charge < -0.3 is 14.8 Å². The summed E-state index contributed by atoms with van der Waals surface area (Å²) < 4.78 is 9.78. The van der Waals surface area contributed by atoms with Gasteiger partial charge in [0, 0.05) is 17.8 Å². The summed E-state index contributed by atoms with van der Waals surface area (Å²) in [6.07, 6.45) is 17.1. The second-order valence-corrected chi connectivity index (χ2v) is 8.33. The van der Waals surface area contributed by atoms with E-state index in [2.05, 4.69) is 24.4 Å². The summed E-state index contributed by atoms with van der Waals surface area (Å²) in [5, 5.41) is 3.33. The molecule has 0 aliphatic heterocycles. The number of allylic oxidation sites excluding steroid dienone is 2. The zero-order chi connectivity index (χ0) is 25.0. The number of carbonyl (C=O) groups is 3. The minimum atomic E-state index is -1.59. The van der Waals surface area contributed by atoms with Gasteiger partial charge in [0.25, 0.3) is 0 Å². The summed E-state index contributed by atoms with van der Waals surface area (Å²) in [4.78, 5) is 37.0. The van der Waals surface area contributed by atoms with Crippen LogP contribution in [0.25, 0.3) is 0 Å². The van der Waals surface area contributed by atoms with Crippen LogP contribution in [0.15, 0.2) is 36.4 Å². The van der Waals surface area contributed by atoms with Crippen LogP contribution < -0.4 is 5.32 Å². The van der Waals surface area contributed by atoms with Gasteiger partial charge in [-0.25, -0.2) is 0 Å². The van der Waals surface area contributed by atoms with Crippen molar-refractivity contribution in [1.29, 1.82) is 0 Å². The van der Waals surface area contributed by atoms with Crippen LogP contribution in [0.1, 0.15) is 95.3 Å². The molecule has 1 aromatic rings. The van der Waals surface area contributed by atoms with Gasteiger partial charge in [-0.2, -0.15) is 0 Å². The zero-order valence-corrected chi connectivity index (χ0v) is 21.3. The van der Waals surface area contributed by atoms with Gasteiger partial charge in [0.2, 0.25) is 5.92 Å². The first-order chi connectivity index (χ1) is 16.5. The van der Waals surface area contributed by atoms with Crippen molar-refractivity contribution in [1.82, 2.24) is 0 Å². The van der Waals surface area contributed by atoms with E-state index in [-0.39, 0.29) is 18.8 Å². The molecule has 0 aromatic heterocycles. The Balaban J connectivity index is 2.35. The number of benzene rings is 1. The van der Waals surface area contributed by atoms with Crippen LogP contribution in [0.5, 0.6) is 0 Å². The summed E-state index contributed by atoms with van der Waals surface area (Å²) in [6.45, 7) is 6.48. The number of ether oxygens (including phenoxy) is 2. The fourth-order valence-electron chi connectivity index (χ4n) is 3.59. The van der Waals surface area contributed by atoms with Gasteiger partial charge in [-0.1, -0.05) is 57.6 Å². The number of rotatable bonds is 19. The Hall–Kier alpha value is -2.63. The fourth-order valence-corrected chi connectivity index (χ4v) is 3.59. The average molecular weight is 474 g/mol. The smallest absolute Gasteiger partial charge is 0.328 e. The molecule has 6 nitrogen and oxygen atoms in total. The fraction of sp³-hybridized carbons (Fsp3) is 0.607. The molecule has 0 heterocycles. The molecule has 34 heavy (non-hydrogen) atoms. The lowest BCUT2D eigenvalue weighted by Gasteiger charge is -2.14. The number of ketones is 1. The Labute approximate surface area is 205 Å². The van der Waals surface area contributed by atoms with Crippen LogP contribution in [0.2, 0.25) is 0 Å². The van der Waals surface area contributed by atoms with Crippen LogP contribution in [-0.2, 0) is 19.1 Å². The van der Waals surface area contributed by atoms with Crippen LogP contribution >= 0.6 is 0 Å². The second-order valence-electron chi connectivity index (χ2n) is 8.33. The third kappa shape index (κ3) is 12.0. The van der Waals surface area contributed by atoms with Crippen molar-refractivity contribution in [3.8, 4) is 0 Å². The van der Waals surface area contributed by atoms with E-state index in [1.165, 1.54) is 44.9 Å². The van der Waals surface area contributed by atoms with E-state index in [4.69, 9.17) is 9.47 Å². The van der Waals surface area contributed by atoms with Crippen molar-refractivity contribution in [2.24, 2.45) is 5.92 Å². The average Bonchev–Trinajstić information content (AvgIpc) is 2.83. The largest absolute Gasteiger partial charge is 0.465 e. The van der Waals surface area contributed by atoms with E-state index < -0.39 is 23.6 Å². The predicted octanol–water partition coefficient (Wildman–Crippen LogP) is 6.50.